The predicted octanol–water partition coefficient (Wildman–Crippen LogP) is 0.449. The van der Waals surface area contributed by atoms with Gasteiger partial charge >= 0.3 is 5.97 Å². The first-order chi connectivity index (χ1) is 11.2. The van der Waals surface area contributed by atoms with Gasteiger partial charge in [-0.25, -0.2) is 4.79 Å². The summed E-state index contributed by atoms with van der Waals surface area (Å²) < 4.78 is 10.5. The van der Waals surface area contributed by atoms with Gasteiger partial charge in [0.15, 0.2) is 6.10 Å². The van der Waals surface area contributed by atoms with Crippen LogP contribution in [0.15, 0.2) is 24.3 Å². The molecule has 0 aliphatic carbocycles. The van der Waals surface area contributed by atoms with Gasteiger partial charge in [0, 0.05) is 25.3 Å². The van der Waals surface area contributed by atoms with E-state index in [4.69, 9.17) is 14.6 Å². The summed E-state index contributed by atoms with van der Waals surface area (Å²) in [4.78, 5) is 27.6. The molecule has 2 saturated heterocycles. The van der Waals surface area contributed by atoms with Crippen LogP contribution in [0.1, 0.15) is 10.4 Å². The Morgan fingerprint density at radius 3 is 2.57 bits per heavy atom. The molecule has 0 spiro atoms. The van der Waals surface area contributed by atoms with Gasteiger partial charge in [0.2, 0.25) is 0 Å². The van der Waals surface area contributed by atoms with E-state index >= 15 is 0 Å². The molecule has 1 aromatic carbocycles. The van der Waals surface area contributed by atoms with Crippen LogP contribution in [-0.4, -0.2) is 74.0 Å². The van der Waals surface area contributed by atoms with Gasteiger partial charge in [-0.2, -0.15) is 0 Å². The van der Waals surface area contributed by atoms with Gasteiger partial charge in [0.25, 0.3) is 5.91 Å². The number of hydrogen-bond acceptors (Lipinski definition) is 5. The number of para-hydroxylation sites is 1. The van der Waals surface area contributed by atoms with Crippen LogP contribution in [0.3, 0.4) is 0 Å². The number of aliphatic carboxylic acids is 1. The zero-order valence-electron chi connectivity index (χ0n) is 12.8. The topological polar surface area (TPSA) is 79.3 Å². The van der Waals surface area contributed by atoms with Crippen LogP contribution in [0.5, 0.6) is 0 Å². The molecular formula is C16H20N2O5. The fourth-order valence-corrected chi connectivity index (χ4v) is 2.89. The van der Waals surface area contributed by atoms with E-state index in [9.17, 15) is 9.59 Å². The summed E-state index contributed by atoms with van der Waals surface area (Å²) in [5.74, 6) is -1.19. The Morgan fingerprint density at radius 1 is 1.09 bits per heavy atom. The van der Waals surface area contributed by atoms with E-state index in [0.29, 0.717) is 25.3 Å². The molecule has 2 aliphatic heterocycles. The number of nitrogens with zero attached hydrogens (tertiary/aromatic N) is 2. The van der Waals surface area contributed by atoms with E-state index in [1.165, 1.54) is 0 Å². The Labute approximate surface area is 134 Å². The third-order valence-corrected chi connectivity index (χ3v) is 4.12. The molecule has 0 aromatic heterocycles. The normalized spacial score (nSPS) is 22.0. The van der Waals surface area contributed by atoms with Crippen LogP contribution in [0, 0.1) is 0 Å². The smallest absolute Gasteiger partial charge is 0.334 e. The first kappa shape index (κ1) is 15.8. The minimum atomic E-state index is -1.04. The third kappa shape index (κ3) is 3.46. The maximum atomic E-state index is 12.9. The van der Waals surface area contributed by atoms with Crippen molar-refractivity contribution in [3.8, 4) is 0 Å². The van der Waals surface area contributed by atoms with E-state index in [-0.39, 0.29) is 19.1 Å². The van der Waals surface area contributed by atoms with Crippen LogP contribution in [0.4, 0.5) is 5.69 Å². The van der Waals surface area contributed by atoms with Gasteiger partial charge < -0.3 is 24.4 Å². The number of hydrogen-bond donors (Lipinski definition) is 1. The molecule has 2 fully saturated rings. The van der Waals surface area contributed by atoms with Crippen LogP contribution < -0.4 is 4.90 Å². The van der Waals surface area contributed by atoms with E-state index in [0.717, 1.165) is 18.8 Å². The van der Waals surface area contributed by atoms with Crippen molar-refractivity contribution in [2.75, 3.05) is 50.9 Å². The van der Waals surface area contributed by atoms with Crippen LogP contribution in [-0.2, 0) is 14.3 Å². The van der Waals surface area contributed by atoms with Crippen molar-refractivity contribution in [3.05, 3.63) is 29.8 Å². The van der Waals surface area contributed by atoms with E-state index in [1.807, 2.05) is 18.2 Å². The average molecular weight is 320 g/mol. The fraction of sp³-hybridized carbons (Fsp3) is 0.500. The minimum absolute atomic E-state index is 0.0750. The SMILES string of the molecule is O=C(O)C1CN(C(=O)c2ccccc2N2CCOCC2)CCO1. The van der Waals surface area contributed by atoms with Gasteiger partial charge in [-0.1, -0.05) is 12.1 Å². The van der Waals surface area contributed by atoms with Crippen molar-refractivity contribution in [1.82, 2.24) is 4.90 Å². The highest BCUT2D eigenvalue weighted by molar-refractivity contribution is 6.00. The molecule has 0 bridgehead atoms. The van der Waals surface area contributed by atoms with Gasteiger partial charge in [0.05, 0.1) is 31.9 Å². The van der Waals surface area contributed by atoms with Crippen molar-refractivity contribution < 1.29 is 24.2 Å². The maximum absolute atomic E-state index is 12.9. The standard InChI is InChI=1S/C16H20N2O5/c19-15(18-7-10-23-14(11-18)16(20)21)12-3-1-2-4-13(12)17-5-8-22-9-6-17/h1-4,14H,5-11H2,(H,20,21). The number of carbonyl (C=O) groups is 2. The molecule has 2 aliphatic rings. The number of morpholine rings is 2. The fourth-order valence-electron chi connectivity index (χ4n) is 2.89. The quantitative estimate of drug-likeness (QED) is 0.871. The molecule has 124 valence electrons. The molecule has 0 radical (unpaired) electrons. The Balaban J connectivity index is 1.80. The second-order valence-corrected chi connectivity index (χ2v) is 5.57. The van der Waals surface area contributed by atoms with Gasteiger partial charge in [0.1, 0.15) is 0 Å². The number of ether oxygens (including phenoxy) is 2. The first-order valence-electron chi connectivity index (χ1n) is 7.72. The molecule has 2 heterocycles. The highest BCUT2D eigenvalue weighted by atomic mass is 16.5. The largest absolute Gasteiger partial charge is 0.479 e. The Bertz CT molecular complexity index is 586. The molecule has 1 aromatic rings. The molecule has 7 heteroatoms. The summed E-state index contributed by atoms with van der Waals surface area (Å²) in [5, 5.41) is 9.08. The van der Waals surface area contributed by atoms with E-state index in [1.54, 1.807) is 11.0 Å². The summed E-state index contributed by atoms with van der Waals surface area (Å²) in [7, 11) is 0. The number of amides is 1. The predicted molar refractivity (Wildman–Crippen MR) is 82.8 cm³/mol. The lowest BCUT2D eigenvalue weighted by Crippen LogP contribution is -2.49. The summed E-state index contributed by atoms with van der Waals surface area (Å²) in [6.45, 7) is 3.48. The van der Waals surface area contributed by atoms with E-state index in [2.05, 4.69) is 4.90 Å². The lowest BCUT2D eigenvalue weighted by Gasteiger charge is -2.34. The van der Waals surface area contributed by atoms with Gasteiger partial charge in [-0.05, 0) is 12.1 Å². The highest BCUT2D eigenvalue weighted by Gasteiger charge is 2.31. The second-order valence-electron chi connectivity index (χ2n) is 5.57. The molecule has 0 saturated carbocycles. The first-order valence-corrected chi connectivity index (χ1v) is 7.72. The lowest BCUT2D eigenvalue weighted by molar-refractivity contribution is -0.154. The van der Waals surface area contributed by atoms with Crippen LogP contribution >= 0.6 is 0 Å². The molecule has 1 unspecified atom stereocenters. The van der Waals surface area contributed by atoms with Crippen molar-refractivity contribution in [2.45, 2.75) is 6.10 Å². The lowest BCUT2D eigenvalue weighted by atomic mass is 10.1. The molecule has 23 heavy (non-hydrogen) atoms. The average Bonchev–Trinajstić information content (AvgIpc) is 2.62. The van der Waals surface area contributed by atoms with Crippen molar-refractivity contribution in [3.63, 3.8) is 0 Å². The molecular weight excluding hydrogens is 300 g/mol. The summed E-state index contributed by atoms with van der Waals surface area (Å²) in [6, 6.07) is 7.44. The zero-order chi connectivity index (χ0) is 16.2. The number of carboxylic acid groups (broad SMARTS) is 1. The number of anilines is 1. The highest BCUT2D eigenvalue weighted by Crippen LogP contribution is 2.23. The summed E-state index contributed by atoms with van der Waals surface area (Å²) in [5.41, 5.74) is 1.47. The molecule has 7 nitrogen and oxygen atoms in total. The van der Waals surface area contributed by atoms with Gasteiger partial charge in [-0.15, -0.1) is 0 Å². The van der Waals surface area contributed by atoms with Crippen molar-refractivity contribution >= 4 is 17.6 Å². The van der Waals surface area contributed by atoms with Crippen LogP contribution in [0.2, 0.25) is 0 Å². The van der Waals surface area contributed by atoms with Crippen LogP contribution in [0.25, 0.3) is 0 Å². The number of rotatable bonds is 3. The summed E-state index contributed by atoms with van der Waals surface area (Å²) >= 11 is 0. The van der Waals surface area contributed by atoms with Crippen molar-refractivity contribution in [1.29, 1.82) is 0 Å². The summed E-state index contributed by atoms with van der Waals surface area (Å²) in [6.07, 6.45) is -0.955. The molecule has 1 amide bonds. The Kier molecular flexibility index (Phi) is 4.78. The number of carboxylic acids is 1. The zero-order valence-corrected chi connectivity index (χ0v) is 12.8. The van der Waals surface area contributed by atoms with E-state index < -0.39 is 12.1 Å². The monoisotopic (exact) mass is 320 g/mol. The molecule has 1 N–H and O–H groups in total. The number of carbonyl (C=O) groups excluding carboxylic acids is 1. The Hall–Kier alpha value is -2.12. The van der Waals surface area contributed by atoms with Gasteiger partial charge in [-0.3, -0.25) is 4.79 Å². The number of benzene rings is 1. The van der Waals surface area contributed by atoms with Crippen molar-refractivity contribution in [2.24, 2.45) is 0 Å². The molecule has 1 atom stereocenters. The second kappa shape index (κ2) is 6.97. The molecule has 3 rings (SSSR count). The maximum Gasteiger partial charge on any atom is 0.334 e. The third-order valence-electron chi connectivity index (χ3n) is 4.12. The minimum Gasteiger partial charge on any atom is -0.479 e. The Morgan fingerprint density at radius 2 is 1.83 bits per heavy atom.